The Kier molecular flexibility index (Phi) is 5.85. The minimum Gasteiger partial charge on any atom is -0.459 e. The number of nitrogens with one attached hydrogen (secondary N) is 1. The van der Waals surface area contributed by atoms with Crippen molar-refractivity contribution in [2.45, 2.75) is 13.0 Å². The molecule has 26 heavy (non-hydrogen) atoms. The van der Waals surface area contributed by atoms with Gasteiger partial charge >= 0.3 is 0 Å². The van der Waals surface area contributed by atoms with Crippen molar-refractivity contribution < 1.29 is 14.0 Å². The molecule has 0 fully saturated rings. The number of carbonyl (C=O) groups is 2. The number of anilines is 1. The van der Waals surface area contributed by atoms with E-state index in [-0.39, 0.29) is 24.0 Å². The molecule has 6 nitrogen and oxygen atoms in total. The summed E-state index contributed by atoms with van der Waals surface area (Å²) < 4.78 is 6.04. The molecule has 1 N–H and O–H groups in total. The molecule has 0 spiro atoms. The summed E-state index contributed by atoms with van der Waals surface area (Å²) in [5, 5.41) is 4.86. The standard InChI is InChI=1S/C18H16BrN3O3S/c1-22(10-12-4-6-13(19)7-5-12)16(23)9-14-11-26-18(20-14)21-17(24)15-3-2-8-25-15/h2-8,11H,9-10H2,1H3,(H,20,21,24). The third kappa shape index (κ3) is 4.80. The Morgan fingerprint density at radius 2 is 2.04 bits per heavy atom. The Labute approximate surface area is 163 Å². The van der Waals surface area contributed by atoms with E-state index in [0.717, 1.165) is 10.0 Å². The zero-order chi connectivity index (χ0) is 18.5. The molecule has 0 atom stereocenters. The lowest BCUT2D eigenvalue weighted by Crippen LogP contribution is -2.27. The number of benzene rings is 1. The van der Waals surface area contributed by atoms with E-state index in [9.17, 15) is 9.59 Å². The van der Waals surface area contributed by atoms with Gasteiger partial charge in [-0.2, -0.15) is 0 Å². The molecular weight excluding hydrogens is 418 g/mol. The third-order valence-corrected chi connectivity index (χ3v) is 4.94. The van der Waals surface area contributed by atoms with Crippen LogP contribution in [0.15, 0.2) is 56.9 Å². The van der Waals surface area contributed by atoms with Crippen LogP contribution in [0, 0.1) is 0 Å². The second-order valence-corrected chi connectivity index (χ2v) is 7.40. The van der Waals surface area contributed by atoms with Crippen molar-refractivity contribution in [3.63, 3.8) is 0 Å². The van der Waals surface area contributed by atoms with Gasteiger partial charge < -0.3 is 9.32 Å². The van der Waals surface area contributed by atoms with Crippen molar-refractivity contribution in [1.82, 2.24) is 9.88 Å². The fourth-order valence-corrected chi connectivity index (χ4v) is 3.22. The summed E-state index contributed by atoms with van der Waals surface area (Å²) in [4.78, 5) is 30.3. The smallest absolute Gasteiger partial charge is 0.293 e. The van der Waals surface area contributed by atoms with Crippen molar-refractivity contribution in [3.8, 4) is 0 Å². The number of hydrogen-bond acceptors (Lipinski definition) is 5. The van der Waals surface area contributed by atoms with Gasteiger partial charge in [0.25, 0.3) is 5.91 Å². The van der Waals surface area contributed by atoms with Gasteiger partial charge in [-0.15, -0.1) is 11.3 Å². The molecule has 0 aliphatic rings. The molecule has 2 aromatic heterocycles. The summed E-state index contributed by atoms with van der Waals surface area (Å²) in [5.41, 5.74) is 1.67. The van der Waals surface area contributed by atoms with Crippen molar-refractivity contribution in [1.29, 1.82) is 0 Å². The topological polar surface area (TPSA) is 75.4 Å². The first-order valence-corrected chi connectivity index (χ1v) is 9.46. The molecule has 0 saturated carbocycles. The third-order valence-electron chi connectivity index (χ3n) is 3.61. The van der Waals surface area contributed by atoms with Gasteiger partial charge in [-0.3, -0.25) is 14.9 Å². The molecule has 3 aromatic rings. The van der Waals surface area contributed by atoms with Gasteiger partial charge in [-0.25, -0.2) is 4.98 Å². The Bertz CT molecular complexity index is 891. The first kappa shape index (κ1) is 18.3. The van der Waals surface area contributed by atoms with Crippen LogP contribution < -0.4 is 5.32 Å². The van der Waals surface area contributed by atoms with Gasteiger partial charge in [0.1, 0.15) is 0 Å². The second kappa shape index (κ2) is 8.29. The highest BCUT2D eigenvalue weighted by Gasteiger charge is 2.15. The van der Waals surface area contributed by atoms with Crippen LogP contribution in [0.5, 0.6) is 0 Å². The number of likely N-dealkylation sites (N-methyl/N-ethyl adjacent to an activating group) is 1. The van der Waals surface area contributed by atoms with Crippen LogP contribution in [-0.4, -0.2) is 28.7 Å². The molecule has 0 radical (unpaired) electrons. The fraction of sp³-hybridized carbons (Fsp3) is 0.167. The van der Waals surface area contributed by atoms with E-state index in [1.54, 1.807) is 29.5 Å². The number of thiazole rings is 1. The predicted molar refractivity (Wildman–Crippen MR) is 103 cm³/mol. The molecule has 0 bridgehead atoms. The lowest BCUT2D eigenvalue weighted by Gasteiger charge is -2.16. The first-order chi connectivity index (χ1) is 12.5. The predicted octanol–water partition coefficient (Wildman–Crippen LogP) is 3.95. The van der Waals surface area contributed by atoms with Gasteiger partial charge in [0.2, 0.25) is 5.91 Å². The number of rotatable bonds is 6. The van der Waals surface area contributed by atoms with Crippen LogP contribution in [0.3, 0.4) is 0 Å². The van der Waals surface area contributed by atoms with Crippen LogP contribution in [-0.2, 0) is 17.8 Å². The summed E-state index contributed by atoms with van der Waals surface area (Å²) in [6.45, 7) is 0.526. The quantitative estimate of drug-likeness (QED) is 0.638. The number of amides is 2. The van der Waals surface area contributed by atoms with Crippen molar-refractivity contribution >= 4 is 44.2 Å². The Balaban J connectivity index is 1.55. The molecule has 3 rings (SSSR count). The molecule has 134 valence electrons. The molecule has 0 aliphatic carbocycles. The normalized spacial score (nSPS) is 10.5. The molecule has 8 heteroatoms. The van der Waals surface area contributed by atoms with E-state index >= 15 is 0 Å². The van der Waals surface area contributed by atoms with Gasteiger partial charge in [0.05, 0.1) is 18.4 Å². The van der Waals surface area contributed by atoms with Crippen molar-refractivity contribution in [3.05, 3.63) is 69.5 Å². The summed E-state index contributed by atoms with van der Waals surface area (Å²) in [7, 11) is 1.76. The van der Waals surface area contributed by atoms with E-state index in [1.807, 2.05) is 24.3 Å². The van der Waals surface area contributed by atoms with Crippen molar-refractivity contribution in [2.75, 3.05) is 12.4 Å². The van der Waals surface area contributed by atoms with Crippen LogP contribution in [0.2, 0.25) is 0 Å². The summed E-state index contributed by atoms with van der Waals surface area (Å²) in [6, 6.07) is 11.1. The number of carbonyl (C=O) groups excluding carboxylic acids is 2. The van der Waals surface area contributed by atoms with E-state index in [1.165, 1.54) is 17.6 Å². The molecule has 0 unspecified atom stereocenters. The summed E-state index contributed by atoms with van der Waals surface area (Å²) in [5.74, 6) is -0.191. The summed E-state index contributed by atoms with van der Waals surface area (Å²) in [6.07, 6.45) is 1.61. The number of nitrogens with zero attached hydrogens (tertiary/aromatic N) is 2. The zero-order valence-corrected chi connectivity index (χ0v) is 16.3. The highest BCUT2D eigenvalue weighted by Crippen LogP contribution is 2.18. The maximum absolute atomic E-state index is 12.4. The SMILES string of the molecule is CN(Cc1ccc(Br)cc1)C(=O)Cc1csc(NC(=O)c2ccco2)n1. The number of hydrogen-bond donors (Lipinski definition) is 1. The Morgan fingerprint density at radius 3 is 2.73 bits per heavy atom. The lowest BCUT2D eigenvalue weighted by atomic mass is 10.2. The van der Waals surface area contributed by atoms with Crippen LogP contribution in [0.1, 0.15) is 21.8 Å². The van der Waals surface area contributed by atoms with Crippen LogP contribution in [0.25, 0.3) is 0 Å². The first-order valence-electron chi connectivity index (χ1n) is 7.79. The van der Waals surface area contributed by atoms with E-state index in [0.29, 0.717) is 17.4 Å². The van der Waals surface area contributed by atoms with Gasteiger partial charge in [-0.05, 0) is 29.8 Å². The molecular formula is C18H16BrN3O3S. The minimum absolute atomic E-state index is 0.0397. The Morgan fingerprint density at radius 1 is 1.27 bits per heavy atom. The fourth-order valence-electron chi connectivity index (χ4n) is 2.25. The van der Waals surface area contributed by atoms with Gasteiger partial charge in [0, 0.05) is 23.4 Å². The lowest BCUT2D eigenvalue weighted by molar-refractivity contribution is -0.129. The maximum Gasteiger partial charge on any atom is 0.293 e. The summed E-state index contributed by atoms with van der Waals surface area (Å²) >= 11 is 4.67. The largest absolute Gasteiger partial charge is 0.459 e. The number of halogens is 1. The highest BCUT2D eigenvalue weighted by atomic mass is 79.9. The molecule has 0 aliphatic heterocycles. The molecule has 2 amide bonds. The number of furan rings is 1. The monoisotopic (exact) mass is 433 g/mol. The minimum atomic E-state index is -0.366. The van der Waals surface area contributed by atoms with Crippen molar-refractivity contribution in [2.24, 2.45) is 0 Å². The Hall–Kier alpha value is -2.45. The van der Waals surface area contributed by atoms with Gasteiger partial charge in [-0.1, -0.05) is 28.1 Å². The average molecular weight is 434 g/mol. The average Bonchev–Trinajstić information content (AvgIpc) is 3.29. The molecule has 0 saturated heterocycles. The molecule has 2 heterocycles. The van der Waals surface area contributed by atoms with E-state index in [4.69, 9.17) is 4.42 Å². The van der Waals surface area contributed by atoms with Gasteiger partial charge in [0.15, 0.2) is 10.9 Å². The van der Waals surface area contributed by atoms with Crippen LogP contribution >= 0.6 is 27.3 Å². The van der Waals surface area contributed by atoms with E-state index in [2.05, 4.69) is 26.2 Å². The maximum atomic E-state index is 12.4. The van der Waals surface area contributed by atoms with Crippen LogP contribution in [0.4, 0.5) is 5.13 Å². The zero-order valence-electron chi connectivity index (χ0n) is 13.9. The van der Waals surface area contributed by atoms with E-state index < -0.39 is 0 Å². The number of aromatic nitrogens is 1. The highest BCUT2D eigenvalue weighted by molar-refractivity contribution is 9.10. The molecule has 1 aromatic carbocycles. The second-order valence-electron chi connectivity index (χ2n) is 5.63.